The van der Waals surface area contributed by atoms with Gasteiger partial charge in [0, 0.05) is 0 Å². The maximum Gasteiger partial charge on any atom is 0.240 e. The first-order valence-electron chi connectivity index (χ1n) is 18.2. The lowest BCUT2D eigenvalue weighted by Gasteiger charge is -2.44. The summed E-state index contributed by atoms with van der Waals surface area (Å²) in [6, 6.07) is 6.15. The molecule has 0 aromatic heterocycles. The van der Waals surface area contributed by atoms with Gasteiger partial charge in [0.05, 0.1) is 29.8 Å². The molecule has 6 nitrogen and oxygen atoms in total. The Balaban J connectivity index is 3.11. The average molecular weight is 700 g/mol. The number of rotatable bonds is 23. The summed E-state index contributed by atoms with van der Waals surface area (Å²) in [7, 11) is -8.50. The van der Waals surface area contributed by atoms with Crippen LogP contribution >= 0.6 is 0 Å². The molecule has 0 aliphatic heterocycles. The standard InChI is InChI=1S/C37H73NO5SSi2/c1-13-14-15-16-17-18-19-20-21-22-23-24-25-34(39)35(43-46(11,12)37(6,7)8)33(30-42-45(9,10)36(3,4)5)38-44(40,41)32-28-26-31(2)27-29-32/h26-29,33-35,38-39H,13-25,30H2,1-12H3/t33-,34+,35+/m0/s1. The van der Waals surface area contributed by atoms with E-state index in [-0.39, 0.29) is 21.6 Å². The topological polar surface area (TPSA) is 84.9 Å². The Morgan fingerprint density at radius 1 is 0.739 bits per heavy atom. The van der Waals surface area contributed by atoms with Gasteiger partial charge in [0.1, 0.15) is 0 Å². The Labute approximate surface area is 287 Å². The van der Waals surface area contributed by atoms with Crippen LogP contribution in [0.2, 0.25) is 36.3 Å². The van der Waals surface area contributed by atoms with Gasteiger partial charge >= 0.3 is 0 Å². The molecule has 0 saturated heterocycles. The molecule has 270 valence electrons. The van der Waals surface area contributed by atoms with Crippen LogP contribution in [0.3, 0.4) is 0 Å². The summed E-state index contributed by atoms with van der Waals surface area (Å²) in [4.78, 5) is 0.206. The van der Waals surface area contributed by atoms with Crippen molar-refractivity contribution in [1.29, 1.82) is 0 Å². The summed E-state index contributed by atoms with van der Waals surface area (Å²) in [5.41, 5.74) is 0.994. The minimum atomic E-state index is -3.89. The van der Waals surface area contributed by atoms with Crippen molar-refractivity contribution in [2.75, 3.05) is 6.61 Å². The van der Waals surface area contributed by atoms with Crippen molar-refractivity contribution in [2.24, 2.45) is 0 Å². The zero-order valence-corrected chi connectivity index (χ0v) is 34.7. The third kappa shape index (κ3) is 15.3. The Morgan fingerprint density at radius 2 is 1.17 bits per heavy atom. The number of sulfonamides is 1. The molecule has 0 heterocycles. The molecule has 9 heteroatoms. The molecule has 0 radical (unpaired) electrons. The van der Waals surface area contributed by atoms with Gasteiger partial charge in [-0.25, -0.2) is 13.1 Å². The molecule has 0 bridgehead atoms. The van der Waals surface area contributed by atoms with Gasteiger partial charge < -0.3 is 14.0 Å². The van der Waals surface area contributed by atoms with Crippen molar-refractivity contribution in [3.63, 3.8) is 0 Å². The highest BCUT2D eigenvalue weighted by molar-refractivity contribution is 7.89. The Bertz CT molecular complexity index is 1080. The van der Waals surface area contributed by atoms with E-state index < -0.39 is 44.9 Å². The van der Waals surface area contributed by atoms with Crippen LogP contribution in [-0.4, -0.2) is 55.0 Å². The van der Waals surface area contributed by atoms with E-state index in [9.17, 15) is 13.5 Å². The minimum Gasteiger partial charge on any atom is -0.415 e. The van der Waals surface area contributed by atoms with Gasteiger partial charge in [-0.05, 0) is 61.7 Å². The van der Waals surface area contributed by atoms with E-state index in [1.54, 1.807) is 12.1 Å². The van der Waals surface area contributed by atoms with Crippen molar-refractivity contribution in [1.82, 2.24) is 4.72 Å². The molecule has 1 aromatic rings. The second-order valence-corrected chi connectivity index (χ2v) is 28.0. The molecule has 1 rings (SSSR count). The molecule has 0 fully saturated rings. The third-order valence-corrected chi connectivity index (χ3v) is 20.9. The maximum absolute atomic E-state index is 13.8. The van der Waals surface area contributed by atoms with E-state index in [2.05, 4.69) is 79.4 Å². The molecule has 2 N–H and O–H groups in total. The lowest BCUT2D eigenvalue weighted by Crippen LogP contribution is -2.58. The van der Waals surface area contributed by atoms with E-state index in [0.29, 0.717) is 6.42 Å². The predicted molar refractivity (Wildman–Crippen MR) is 202 cm³/mol. The summed E-state index contributed by atoms with van der Waals surface area (Å²) >= 11 is 0. The quantitative estimate of drug-likeness (QED) is 0.0877. The SMILES string of the molecule is CCCCCCCCCCCCCC[C@@H](O)[C@H](O[Si](C)(C)C(C)(C)C)[C@H](CO[Si](C)(C)C(C)(C)C)NS(=O)(=O)c1ccc(C)cc1. The number of unbranched alkanes of at least 4 members (excludes halogenated alkanes) is 11. The molecule has 3 atom stereocenters. The molecule has 0 amide bonds. The normalized spacial score (nSPS) is 15.6. The average Bonchev–Trinajstić information content (AvgIpc) is 2.93. The molecule has 0 spiro atoms. The van der Waals surface area contributed by atoms with Crippen molar-refractivity contribution < 1.29 is 22.4 Å². The highest BCUT2D eigenvalue weighted by Gasteiger charge is 2.45. The smallest absolute Gasteiger partial charge is 0.240 e. The molecule has 0 aliphatic rings. The largest absolute Gasteiger partial charge is 0.415 e. The number of benzene rings is 1. The fourth-order valence-electron chi connectivity index (χ4n) is 5.00. The summed E-state index contributed by atoms with van der Waals surface area (Å²) in [5, 5.41) is 11.6. The first-order chi connectivity index (χ1) is 21.1. The van der Waals surface area contributed by atoms with E-state index in [4.69, 9.17) is 8.85 Å². The van der Waals surface area contributed by atoms with Crippen LogP contribution in [0.5, 0.6) is 0 Å². The Kier molecular flexibility index (Phi) is 18.5. The van der Waals surface area contributed by atoms with Crippen molar-refractivity contribution in [3.8, 4) is 0 Å². The van der Waals surface area contributed by atoms with Crippen molar-refractivity contribution in [3.05, 3.63) is 29.8 Å². The third-order valence-electron chi connectivity index (χ3n) is 10.4. The fraction of sp³-hybridized carbons (Fsp3) is 0.838. The molecular formula is C37H73NO5SSi2. The van der Waals surface area contributed by atoms with E-state index in [0.717, 1.165) is 24.8 Å². The maximum atomic E-state index is 13.8. The Hall–Kier alpha value is -0.556. The van der Waals surface area contributed by atoms with Gasteiger partial charge in [-0.1, -0.05) is 143 Å². The van der Waals surface area contributed by atoms with Crippen LogP contribution in [0, 0.1) is 6.92 Å². The predicted octanol–water partition coefficient (Wildman–Crippen LogP) is 10.5. The monoisotopic (exact) mass is 699 g/mol. The van der Waals surface area contributed by atoms with Crippen LogP contribution in [0.25, 0.3) is 0 Å². The lowest BCUT2D eigenvalue weighted by atomic mass is 10.00. The van der Waals surface area contributed by atoms with Gasteiger partial charge in [-0.15, -0.1) is 0 Å². The zero-order valence-electron chi connectivity index (χ0n) is 31.9. The first kappa shape index (κ1) is 43.5. The zero-order chi connectivity index (χ0) is 35.2. The Morgan fingerprint density at radius 3 is 1.61 bits per heavy atom. The second kappa shape index (κ2) is 19.6. The van der Waals surface area contributed by atoms with E-state index >= 15 is 0 Å². The molecule has 0 aliphatic carbocycles. The number of aliphatic hydroxyl groups excluding tert-OH is 1. The number of aryl methyl sites for hydroxylation is 1. The summed E-state index contributed by atoms with van der Waals surface area (Å²) in [5.74, 6) is 0. The van der Waals surface area contributed by atoms with Gasteiger partial charge in [0.2, 0.25) is 10.0 Å². The minimum absolute atomic E-state index is 0.0448. The first-order valence-corrected chi connectivity index (χ1v) is 25.5. The number of nitrogens with one attached hydrogen (secondary N) is 1. The summed E-state index contributed by atoms with van der Waals surface area (Å²) in [6.45, 7) is 26.1. The molecule has 46 heavy (non-hydrogen) atoms. The highest BCUT2D eigenvalue weighted by atomic mass is 32.2. The van der Waals surface area contributed by atoms with Gasteiger partial charge in [-0.2, -0.15) is 0 Å². The van der Waals surface area contributed by atoms with E-state index in [1.807, 2.05) is 19.1 Å². The fourth-order valence-corrected chi connectivity index (χ4v) is 8.62. The van der Waals surface area contributed by atoms with Crippen LogP contribution < -0.4 is 4.72 Å². The van der Waals surface area contributed by atoms with Crippen LogP contribution in [-0.2, 0) is 18.9 Å². The van der Waals surface area contributed by atoms with Crippen molar-refractivity contribution in [2.45, 2.75) is 198 Å². The van der Waals surface area contributed by atoms with Crippen LogP contribution in [0.1, 0.15) is 138 Å². The van der Waals surface area contributed by atoms with Gasteiger partial charge in [0.15, 0.2) is 16.6 Å². The molecule has 1 aromatic carbocycles. The van der Waals surface area contributed by atoms with Gasteiger partial charge in [-0.3, -0.25) is 0 Å². The number of aliphatic hydroxyl groups is 1. The highest BCUT2D eigenvalue weighted by Crippen LogP contribution is 2.40. The second-order valence-electron chi connectivity index (χ2n) is 16.7. The molecular weight excluding hydrogens is 627 g/mol. The summed E-state index contributed by atoms with van der Waals surface area (Å²) in [6.07, 6.45) is 14.0. The van der Waals surface area contributed by atoms with Crippen molar-refractivity contribution >= 4 is 26.7 Å². The molecule has 0 unspecified atom stereocenters. The number of hydrogen-bond acceptors (Lipinski definition) is 5. The summed E-state index contributed by atoms with van der Waals surface area (Å²) < 4.78 is 44.0. The lowest BCUT2D eigenvalue weighted by molar-refractivity contribution is -0.00692. The number of hydrogen-bond donors (Lipinski definition) is 2. The van der Waals surface area contributed by atoms with Gasteiger partial charge in [0.25, 0.3) is 0 Å². The molecule has 0 saturated carbocycles. The van der Waals surface area contributed by atoms with E-state index in [1.165, 1.54) is 57.8 Å². The van der Waals surface area contributed by atoms with Crippen LogP contribution in [0.4, 0.5) is 0 Å². The van der Waals surface area contributed by atoms with Crippen LogP contribution in [0.15, 0.2) is 29.2 Å².